The first-order valence-electron chi connectivity index (χ1n) is 11.9. The SMILES string of the molecule is CCOc1ccc(N(CC(=O)N/N=C/c2ccc(OC(=O)OC)c(OC)c2)S(=O)(=O)c2ccc(SC)cc2)cc1. The van der Waals surface area contributed by atoms with Crippen LogP contribution in [0.5, 0.6) is 17.2 Å². The standard InChI is InChI=1S/C27H29N3O8S2/c1-5-37-21-9-7-20(8-10-21)30(40(33,34)23-13-11-22(39-4)12-14-23)18-26(31)29-28-17-19-6-15-24(25(16-19)35-2)38-27(32)36-3/h6-17H,5,18H2,1-4H3,(H,29,31)/b28-17+. The zero-order valence-corrected chi connectivity index (χ0v) is 24.0. The lowest BCUT2D eigenvalue weighted by atomic mass is 10.2. The fourth-order valence-electron chi connectivity index (χ4n) is 3.39. The van der Waals surface area contributed by atoms with Crippen molar-refractivity contribution in [2.45, 2.75) is 16.7 Å². The van der Waals surface area contributed by atoms with Gasteiger partial charge in [-0.05, 0) is 85.5 Å². The molecular formula is C27H29N3O8S2. The van der Waals surface area contributed by atoms with Crippen molar-refractivity contribution in [3.05, 3.63) is 72.3 Å². The zero-order valence-electron chi connectivity index (χ0n) is 22.3. The van der Waals surface area contributed by atoms with Crippen molar-refractivity contribution in [3.8, 4) is 17.2 Å². The van der Waals surface area contributed by atoms with E-state index >= 15 is 0 Å². The number of amides is 1. The zero-order chi connectivity index (χ0) is 29.1. The molecule has 3 aromatic carbocycles. The summed E-state index contributed by atoms with van der Waals surface area (Å²) in [6, 6.07) is 17.4. The average Bonchev–Trinajstić information content (AvgIpc) is 2.97. The molecule has 212 valence electrons. The molecule has 0 aromatic heterocycles. The highest BCUT2D eigenvalue weighted by molar-refractivity contribution is 7.98. The van der Waals surface area contributed by atoms with Crippen LogP contribution in [0, 0.1) is 0 Å². The van der Waals surface area contributed by atoms with E-state index in [9.17, 15) is 18.0 Å². The maximum atomic E-state index is 13.6. The molecule has 0 atom stereocenters. The number of sulfonamides is 1. The molecule has 0 heterocycles. The van der Waals surface area contributed by atoms with Crippen LogP contribution in [0.25, 0.3) is 0 Å². The predicted molar refractivity (Wildman–Crippen MR) is 152 cm³/mol. The van der Waals surface area contributed by atoms with Gasteiger partial charge in [0.2, 0.25) is 0 Å². The van der Waals surface area contributed by atoms with E-state index in [1.807, 2.05) is 13.2 Å². The van der Waals surface area contributed by atoms with Gasteiger partial charge in [0.05, 0.1) is 37.6 Å². The third kappa shape index (κ3) is 7.90. The number of ether oxygens (including phenoxy) is 4. The van der Waals surface area contributed by atoms with Gasteiger partial charge in [0.1, 0.15) is 12.3 Å². The van der Waals surface area contributed by atoms with Crippen molar-refractivity contribution in [2.24, 2.45) is 5.10 Å². The summed E-state index contributed by atoms with van der Waals surface area (Å²) in [6.07, 6.45) is 2.32. The first kappa shape index (κ1) is 30.3. The van der Waals surface area contributed by atoms with E-state index in [1.165, 1.54) is 56.5 Å². The Morgan fingerprint density at radius 1 is 1.00 bits per heavy atom. The summed E-state index contributed by atoms with van der Waals surface area (Å²) in [7, 11) is -1.52. The monoisotopic (exact) mass is 587 g/mol. The summed E-state index contributed by atoms with van der Waals surface area (Å²) in [6.45, 7) is 1.76. The van der Waals surface area contributed by atoms with Crippen LogP contribution in [-0.4, -0.2) is 60.3 Å². The van der Waals surface area contributed by atoms with Gasteiger partial charge < -0.3 is 18.9 Å². The Hall–Kier alpha value is -4.23. The van der Waals surface area contributed by atoms with E-state index in [0.717, 1.165) is 9.20 Å². The Kier molecular flexibility index (Phi) is 10.8. The van der Waals surface area contributed by atoms with Gasteiger partial charge >= 0.3 is 6.16 Å². The number of hydrogen-bond acceptors (Lipinski definition) is 10. The number of nitrogens with zero attached hydrogens (tertiary/aromatic N) is 2. The fraction of sp³-hybridized carbons (Fsp3) is 0.222. The van der Waals surface area contributed by atoms with Crippen LogP contribution in [0.1, 0.15) is 12.5 Å². The third-order valence-corrected chi connectivity index (χ3v) is 7.85. The summed E-state index contributed by atoms with van der Waals surface area (Å²) in [4.78, 5) is 25.2. The highest BCUT2D eigenvalue weighted by atomic mass is 32.2. The quantitative estimate of drug-likeness (QED) is 0.108. The highest BCUT2D eigenvalue weighted by Gasteiger charge is 2.27. The summed E-state index contributed by atoms with van der Waals surface area (Å²) in [5, 5.41) is 3.93. The molecule has 0 radical (unpaired) electrons. The molecule has 0 aliphatic carbocycles. The van der Waals surface area contributed by atoms with Crippen LogP contribution < -0.4 is 23.9 Å². The molecule has 0 fully saturated rings. The van der Waals surface area contributed by atoms with E-state index in [2.05, 4.69) is 15.3 Å². The number of anilines is 1. The van der Waals surface area contributed by atoms with Gasteiger partial charge in [-0.3, -0.25) is 9.10 Å². The topological polar surface area (TPSA) is 133 Å². The van der Waals surface area contributed by atoms with Crippen molar-refractivity contribution in [1.82, 2.24) is 5.43 Å². The van der Waals surface area contributed by atoms with Crippen LogP contribution >= 0.6 is 11.8 Å². The van der Waals surface area contributed by atoms with Gasteiger partial charge in [0, 0.05) is 4.90 Å². The highest BCUT2D eigenvalue weighted by Crippen LogP contribution is 2.29. The summed E-state index contributed by atoms with van der Waals surface area (Å²) in [5.41, 5.74) is 3.14. The Labute approximate surface area is 237 Å². The predicted octanol–water partition coefficient (Wildman–Crippen LogP) is 4.31. The molecule has 13 heteroatoms. The largest absolute Gasteiger partial charge is 0.513 e. The van der Waals surface area contributed by atoms with E-state index in [1.54, 1.807) is 42.5 Å². The van der Waals surface area contributed by atoms with Crippen molar-refractivity contribution in [2.75, 3.05) is 37.9 Å². The molecule has 0 aliphatic rings. The third-order valence-electron chi connectivity index (χ3n) is 5.32. The van der Waals surface area contributed by atoms with Gasteiger partial charge in [0.25, 0.3) is 15.9 Å². The molecule has 0 spiro atoms. The normalized spacial score (nSPS) is 11.1. The minimum Gasteiger partial charge on any atom is -0.494 e. The molecule has 0 saturated carbocycles. The smallest absolute Gasteiger partial charge is 0.494 e. The van der Waals surface area contributed by atoms with E-state index in [0.29, 0.717) is 17.9 Å². The Morgan fingerprint density at radius 2 is 1.70 bits per heavy atom. The van der Waals surface area contributed by atoms with Crippen LogP contribution in [0.15, 0.2) is 81.6 Å². The lowest BCUT2D eigenvalue weighted by molar-refractivity contribution is -0.119. The minimum absolute atomic E-state index is 0.0387. The van der Waals surface area contributed by atoms with Gasteiger partial charge in [0.15, 0.2) is 11.5 Å². The van der Waals surface area contributed by atoms with Crippen molar-refractivity contribution in [3.63, 3.8) is 0 Å². The molecule has 40 heavy (non-hydrogen) atoms. The molecule has 0 aliphatic heterocycles. The maximum absolute atomic E-state index is 13.6. The second-order valence-corrected chi connectivity index (χ2v) is 10.6. The number of benzene rings is 3. The minimum atomic E-state index is -4.10. The number of thioether (sulfide) groups is 1. The van der Waals surface area contributed by atoms with Crippen molar-refractivity contribution >= 4 is 45.7 Å². The molecule has 1 N–H and O–H groups in total. The number of hydrazone groups is 1. The number of carbonyl (C=O) groups excluding carboxylic acids is 2. The summed E-state index contributed by atoms with van der Waals surface area (Å²) in [5.74, 6) is 0.269. The van der Waals surface area contributed by atoms with Gasteiger partial charge in [-0.1, -0.05) is 0 Å². The first-order chi connectivity index (χ1) is 19.2. The van der Waals surface area contributed by atoms with Crippen molar-refractivity contribution < 1.29 is 37.0 Å². The lowest BCUT2D eigenvalue weighted by Gasteiger charge is -2.24. The Balaban J connectivity index is 1.80. The molecule has 0 unspecified atom stereocenters. The molecule has 3 aromatic rings. The van der Waals surface area contributed by atoms with Crippen LogP contribution in [0.2, 0.25) is 0 Å². The molecule has 0 saturated heterocycles. The number of hydrogen-bond donors (Lipinski definition) is 1. The van der Waals surface area contributed by atoms with Crippen molar-refractivity contribution in [1.29, 1.82) is 0 Å². The number of rotatable bonds is 12. The molecule has 0 bridgehead atoms. The van der Waals surface area contributed by atoms with E-state index < -0.39 is 28.6 Å². The molecule has 11 nitrogen and oxygen atoms in total. The lowest BCUT2D eigenvalue weighted by Crippen LogP contribution is -2.39. The van der Waals surface area contributed by atoms with Crippen LogP contribution in [0.3, 0.4) is 0 Å². The van der Waals surface area contributed by atoms with E-state index in [-0.39, 0.29) is 22.1 Å². The van der Waals surface area contributed by atoms with Crippen LogP contribution in [-0.2, 0) is 19.6 Å². The molecule has 1 amide bonds. The van der Waals surface area contributed by atoms with Crippen LogP contribution in [0.4, 0.5) is 10.5 Å². The second-order valence-electron chi connectivity index (χ2n) is 7.87. The van der Waals surface area contributed by atoms with Gasteiger partial charge in [-0.2, -0.15) is 5.10 Å². The second kappa shape index (κ2) is 14.2. The fourth-order valence-corrected chi connectivity index (χ4v) is 5.22. The average molecular weight is 588 g/mol. The number of carbonyl (C=O) groups is 2. The van der Waals surface area contributed by atoms with Gasteiger partial charge in [-0.15, -0.1) is 11.8 Å². The first-order valence-corrected chi connectivity index (χ1v) is 14.5. The molecular weight excluding hydrogens is 558 g/mol. The molecule has 3 rings (SSSR count). The summed E-state index contributed by atoms with van der Waals surface area (Å²) < 4.78 is 48.3. The number of nitrogens with one attached hydrogen (secondary N) is 1. The van der Waals surface area contributed by atoms with E-state index in [4.69, 9.17) is 14.2 Å². The Bertz CT molecular complexity index is 1440. The number of methoxy groups -OCH3 is 2. The summed E-state index contributed by atoms with van der Waals surface area (Å²) >= 11 is 1.49. The van der Waals surface area contributed by atoms with Gasteiger partial charge in [-0.25, -0.2) is 18.6 Å². The Morgan fingerprint density at radius 3 is 2.30 bits per heavy atom. The maximum Gasteiger partial charge on any atom is 0.513 e.